The SMILES string of the molecule is Nc1cc(F)ccc1N1CCN(C(=O)c2ccco2)CC1. The minimum atomic E-state index is -0.345. The molecule has 0 atom stereocenters. The first-order chi connectivity index (χ1) is 10.1. The van der Waals surface area contributed by atoms with E-state index in [4.69, 9.17) is 10.2 Å². The minimum Gasteiger partial charge on any atom is -0.459 e. The molecule has 2 heterocycles. The number of benzene rings is 1. The second-order valence-electron chi connectivity index (χ2n) is 4.96. The lowest BCUT2D eigenvalue weighted by Gasteiger charge is -2.36. The van der Waals surface area contributed by atoms with Crippen molar-refractivity contribution in [3.8, 4) is 0 Å². The van der Waals surface area contributed by atoms with Gasteiger partial charge in [0.2, 0.25) is 0 Å². The normalized spacial score (nSPS) is 15.3. The van der Waals surface area contributed by atoms with Crippen molar-refractivity contribution < 1.29 is 13.6 Å². The van der Waals surface area contributed by atoms with Gasteiger partial charge in [-0.3, -0.25) is 4.79 Å². The van der Waals surface area contributed by atoms with Gasteiger partial charge >= 0.3 is 0 Å². The molecule has 1 amide bonds. The molecule has 1 saturated heterocycles. The number of halogens is 1. The summed E-state index contributed by atoms with van der Waals surface area (Å²) in [7, 11) is 0. The van der Waals surface area contributed by atoms with Gasteiger partial charge in [0, 0.05) is 26.2 Å². The van der Waals surface area contributed by atoms with Crippen LogP contribution in [0.3, 0.4) is 0 Å². The molecule has 0 spiro atoms. The van der Waals surface area contributed by atoms with Crippen LogP contribution in [-0.2, 0) is 0 Å². The average Bonchev–Trinajstić information content (AvgIpc) is 3.01. The maximum absolute atomic E-state index is 13.1. The lowest BCUT2D eigenvalue weighted by Crippen LogP contribution is -2.48. The Morgan fingerprint density at radius 2 is 1.95 bits per heavy atom. The summed E-state index contributed by atoms with van der Waals surface area (Å²) in [4.78, 5) is 16.0. The number of nitrogens with zero attached hydrogens (tertiary/aromatic N) is 2. The third-order valence-electron chi connectivity index (χ3n) is 3.63. The first-order valence-corrected chi connectivity index (χ1v) is 6.78. The van der Waals surface area contributed by atoms with E-state index in [-0.39, 0.29) is 11.7 Å². The Morgan fingerprint density at radius 3 is 2.57 bits per heavy atom. The van der Waals surface area contributed by atoms with Crippen molar-refractivity contribution in [1.29, 1.82) is 0 Å². The third kappa shape index (κ3) is 2.69. The van der Waals surface area contributed by atoms with E-state index in [1.54, 1.807) is 23.1 Å². The van der Waals surface area contributed by atoms with Gasteiger partial charge in [0.15, 0.2) is 5.76 Å². The summed E-state index contributed by atoms with van der Waals surface area (Å²) >= 11 is 0. The molecule has 3 rings (SSSR count). The van der Waals surface area contributed by atoms with Crippen LogP contribution in [0.1, 0.15) is 10.6 Å². The lowest BCUT2D eigenvalue weighted by atomic mass is 10.2. The monoisotopic (exact) mass is 289 g/mol. The second kappa shape index (κ2) is 5.47. The quantitative estimate of drug-likeness (QED) is 0.859. The molecule has 1 aliphatic rings. The Bertz CT molecular complexity index is 634. The van der Waals surface area contributed by atoms with Crippen molar-refractivity contribution in [3.05, 3.63) is 48.2 Å². The Balaban J connectivity index is 1.66. The number of rotatable bonds is 2. The highest BCUT2D eigenvalue weighted by atomic mass is 19.1. The van der Waals surface area contributed by atoms with Gasteiger partial charge in [0.25, 0.3) is 5.91 Å². The smallest absolute Gasteiger partial charge is 0.289 e. The zero-order valence-electron chi connectivity index (χ0n) is 11.5. The molecule has 6 heteroatoms. The standard InChI is InChI=1S/C15H16FN3O2/c16-11-3-4-13(12(17)10-11)18-5-7-19(8-6-18)15(20)14-2-1-9-21-14/h1-4,9-10H,5-8,17H2. The highest BCUT2D eigenvalue weighted by Crippen LogP contribution is 2.25. The van der Waals surface area contributed by atoms with Crippen LogP contribution in [-0.4, -0.2) is 37.0 Å². The zero-order valence-corrected chi connectivity index (χ0v) is 11.5. The number of amides is 1. The maximum Gasteiger partial charge on any atom is 0.289 e. The molecule has 0 unspecified atom stereocenters. The summed E-state index contributed by atoms with van der Waals surface area (Å²) in [5.41, 5.74) is 7.07. The van der Waals surface area contributed by atoms with E-state index in [9.17, 15) is 9.18 Å². The summed E-state index contributed by atoms with van der Waals surface area (Å²) in [6.07, 6.45) is 1.49. The van der Waals surface area contributed by atoms with E-state index in [1.807, 2.05) is 0 Å². The van der Waals surface area contributed by atoms with E-state index in [1.165, 1.54) is 18.4 Å². The molecule has 1 fully saturated rings. The Hall–Kier alpha value is -2.50. The van der Waals surface area contributed by atoms with Gasteiger partial charge in [-0.2, -0.15) is 0 Å². The van der Waals surface area contributed by atoms with Crippen molar-refractivity contribution in [3.63, 3.8) is 0 Å². The fourth-order valence-electron chi connectivity index (χ4n) is 2.52. The van der Waals surface area contributed by atoms with Crippen LogP contribution in [0.2, 0.25) is 0 Å². The van der Waals surface area contributed by atoms with Gasteiger partial charge in [-0.15, -0.1) is 0 Å². The van der Waals surface area contributed by atoms with Crippen molar-refractivity contribution in [2.45, 2.75) is 0 Å². The van der Waals surface area contributed by atoms with Gasteiger partial charge in [-0.1, -0.05) is 0 Å². The van der Waals surface area contributed by atoms with E-state index in [2.05, 4.69) is 4.90 Å². The first-order valence-electron chi connectivity index (χ1n) is 6.78. The van der Waals surface area contributed by atoms with E-state index in [0.717, 1.165) is 5.69 Å². The van der Waals surface area contributed by atoms with Crippen LogP contribution in [0.5, 0.6) is 0 Å². The summed E-state index contributed by atoms with van der Waals surface area (Å²) in [5, 5.41) is 0. The van der Waals surface area contributed by atoms with Crippen LogP contribution >= 0.6 is 0 Å². The molecule has 5 nitrogen and oxygen atoms in total. The molecule has 21 heavy (non-hydrogen) atoms. The molecule has 1 aromatic heterocycles. The molecule has 2 N–H and O–H groups in total. The molecule has 0 saturated carbocycles. The Labute approximate surface area is 121 Å². The zero-order chi connectivity index (χ0) is 14.8. The van der Waals surface area contributed by atoms with Crippen molar-refractivity contribution in [2.24, 2.45) is 0 Å². The maximum atomic E-state index is 13.1. The van der Waals surface area contributed by atoms with Crippen LogP contribution in [0.15, 0.2) is 41.0 Å². The lowest BCUT2D eigenvalue weighted by molar-refractivity contribution is 0.0715. The van der Waals surface area contributed by atoms with Crippen LogP contribution in [0.4, 0.5) is 15.8 Å². The van der Waals surface area contributed by atoms with Crippen molar-refractivity contribution in [1.82, 2.24) is 4.90 Å². The van der Waals surface area contributed by atoms with Gasteiger partial charge in [0.1, 0.15) is 5.82 Å². The summed E-state index contributed by atoms with van der Waals surface area (Å²) < 4.78 is 18.2. The molecule has 1 aromatic carbocycles. The molecule has 0 aliphatic carbocycles. The van der Waals surface area contributed by atoms with Gasteiger partial charge < -0.3 is 20.0 Å². The fraction of sp³-hybridized carbons (Fsp3) is 0.267. The van der Waals surface area contributed by atoms with Crippen molar-refractivity contribution >= 4 is 17.3 Å². The molecular formula is C15H16FN3O2. The van der Waals surface area contributed by atoms with E-state index < -0.39 is 0 Å². The molecule has 2 aromatic rings. The number of furan rings is 1. The summed E-state index contributed by atoms with van der Waals surface area (Å²) in [5.74, 6) is -0.0978. The summed E-state index contributed by atoms with van der Waals surface area (Å²) in [6, 6.07) is 7.74. The third-order valence-corrected chi connectivity index (χ3v) is 3.63. The molecule has 1 aliphatic heterocycles. The van der Waals surface area contributed by atoms with Crippen LogP contribution in [0, 0.1) is 5.82 Å². The topological polar surface area (TPSA) is 62.7 Å². The van der Waals surface area contributed by atoms with E-state index >= 15 is 0 Å². The number of nitrogen functional groups attached to an aromatic ring is 1. The largest absolute Gasteiger partial charge is 0.459 e. The Morgan fingerprint density at radius 1 is 1.19 bits per heavy atom. The molecule has 0 bridgehead atoms. The average molecular weight is 289 g/mol. The van der Waals surface area contributed by atoms with Crippen LogP contribution in [0.25, 0.3) is 0 Å². The highest BCUT2D eigenvalue weighted by molar-refractivity contribution is 5.91. The van der Waals surface area contributed by atoms with Crippen molar-refractivity contribution in [2.75, 3.05) is 36.8 Å². The number of piperazine rings is 1. The van der Waals surface area contributed by atoms with Crippen LogP contribution < -0.4 is 10.6 Å². The number of hydrogen-bond acceptors (Lipinski definition) is 4. The molecule has 0 radical (unpaired) electrons. The van der Waals surface area contributed by atoms with Gasteiger partial charge in [-0.25, -0.2) is 4.39 Å². The van der Waals surface area contributed by atoms with Gasteiger partial charge in [0.05, 0.1) is 17.6 Å². The number of hydrogen-bond donors (Lipinski definition) is 1. The minimum absolute atomic E-state index is 0.105. The fourth-order valence-corrected chi connectivity index (χ4v) is 2.52. The Kier molecular flexibility index (Phi) is 3.51. The van der Waals surface area contributed by atoms with Gasteiger partial charge in [-0.05, 0) is 30.3 Å². The summed E-state index contributed by atoms with van der Waals surface area (Å²) in [6.45, 7) is 2.47. The van der Waals surface area contributed by atoms with E-state index in [0.29, 0.717) is 37.6 Å². The molecule has 110 valence electrons. The number of carbonyl (C=O) groups is 1. The highest BCUT2D eigenvalue weighted by Gasteiger charge is 2.24. The predicted molar refractivity (Wildman–Crippen MR) is 77.6 cm³/mol. The number of nitrogens with two attached hydrogens (primary N) is 1. The predicted octanol–water partition coefficient (Wildman–Crippen LogP) is 1.96. The number of anilines is 2. The molecular weight excluding hydrogens is 273 g/mol. The second-order valence-corrected chi connectivity index (χ2v) is 4.96. The first kappa shape index (κ1) is 13.5. The number of carbonyl (C=O) groups excluding carboxylic acids is 1.